The Kier molecular flexibility index (Phi) is 10.6. The quantitative estimate of drug-likeness (QED) is 0.366. The van der Waals surface area contributed by atoms with E-state index in [1.165, 1.54) is 6.26 Å². The molecule has 0 bridgehead atoms. The number of halogens is 1. The summed E-state index contributed by atoms with van der Waals surface area (Å²) in [5.41, 5.74) is 1.56. The van der Waals surface area contributed by atoms with E-state index in [4.69, 9.17) is 5.26 Å². The minimum atomic E-state index is -2.96. The zero-order valence-corrected chi connectivity index (χ0v) is 17.4. The fourth-order valence-electron chi connectivity index (χ4n) is 1.93. The molecule has 1 aromatic rings. The summed E-state index contributed by atoms with van der Waals surface area (Å²) in [5.74, 6) is 0.779. The number of guanidine groups is 1. The van der Waals surface area contributed by atoms with Gasteiger partial charge in [-0.1, -0.05) is 12.1 Å². The molecule has 0 saturated heterocycles. The summed E-state index contributed by atoms with van der Waals surface area (Å²) in [5, 5.41) is 15.2. The van der Waals surface area contributed by atoms with Gasteiger partial charge in [0.25, 0.3) is 0 Å². The molecule has 6 nitrogen and oxygen atoms in total. The van der Waals surface area contributed by atoms with Crippen LogP contribution in [0.4, 0.5) is 0 Å². The molecule has 0 heterocycles. The molecule has 0 aliphatic carbocycles. The third kappa shape index (κ3) is 9.72. The molecule has 0 amide bonds. The first-order chi connectivity index (χ1) is 10.8. The highest BCUT2D eigenvalue weighted by Crippen LogP contribution is 2.05. The van der Waals surface area contributed by atoms with Gasteiger partial charge in [-0.05, 0) is 38.0 Å². The molecule has 0 spiro atoms. The molecule has 24 heavy (non-hydrogen) atoms. The second-order valence-corrected chi connectivity index (χ2v) is 7.73. The van der Waals surface area contributed by atoms with E-state index in [0.29, 0.717) is 31.0 Å². The zero-order chi connectivity index (χ0) is 17.3. The Morgan fingerprint density at radius 1 is 1.42 bits per heavy atom. The number of nitriles is 1. The Balaban J connectivity index is 0.00000529. The topological polar surface area (TPSA) is 94.3 Å². The molecule has 0 radical (unpaired) electrons. The van der Waals surface area contributed by atoms with E-state index in [1.54, 1.807) is 12.1 Å². The number of sulfone groups is 1. The molecule has 134 valence electrons. The molecule has 2 N–H and O–H groups in total. The maximum absolute atomic E-state index is 11.2. The highest BCUT2D eigenvalue weighted by Gasteiger charge is 2.09. The largest absolute Gasteiger partial charge is 0.357 e. The van der Waals surface area contributed by atoms with Crippen molar-refractivity contribution in [3.8, 4) is 6.07 Å². The minimum absolute atomic E-state index is 0. The maximum atomic E-state index is 11.2. The molecule has 0 aromatic heterocycles. The number of nitrogens with one attached hydrogen (secondary N) is 2. The molecule has 0 aliphatic heterocycles. The van der Waals surface area contributed by atoms with Crippen molar-refractivity contribution in [1.82, 2.24) is 10.6 Å². The lowest BCUT2D eigenvalue weighted by atomic mass is 10.1. The van der Waals surface area contributed by atoms with Crippen molar-refractivity contribution in [2.24, 2.45) is 4.99 Å². The van der Waals surface area contributed by atoms with Crippen LogP contribution in [0.1, 0.15) is 31.4 Å². The van der Waals surface area contributed by atoms with Gasteiger partial charge in [-0.15, -0.1) is 24.0 Å². The van der Waals surface area contributed by atoms with Gasteiger partial charge < -0.3 is 10.6 Å². The second kappa shape index (κ2) is 11.3. The van der Waals surface area contributed by atoms with Crippen LogP contribution in [0.25, 0.3) is 0 Å². The van der Waals surface area contributed by atoms with Crippen LogP contribution >= 0.6 is 24.0 Å². The summed E-state index contributed by atoms with van der Waals surface area (Å²) in [4.78, 5) is 4.48. The average molecular weight is 464 g/mol. The number of nitrogens with zero attached hydrogens (tertiary/aromatic N) is 2. The van der Waals surface area contributed by atoms with Gasteiger partial charge in [0.05, 0.1) is 23.9 Å². The monoisotopic (exact) mass is 464 g/mol. The van der Waals surface area contributed by atoms with Crippen LogP contribution in [-0.4, -0.2) is 39.0 Å². The van der Waals surface area contributed by atoms with Crippen LogP contribution in [-0.2, 0) is 16.4 Å². The van der Waals surface area contributed by atoms with E-state index in [0.717, 1.165) is 5.56 Å². The van der Waals surface area contributed by atoms with Gasteiger partial charge >= 0.3 is 0 Å². The van der Waals surface area contributed by atoms with Gasteiger partial charge in [-0.2, -0.15) is 5.26 Å². The number of hydrogen-bond donors (Lipinski definition) is 2. The summed E-state index contributed by atoms with van der Waals surface area (Å²) in [7, 11) is -2.96. The van der Waals surface area contributed by atoms with Gasteiger partial charge in [0.2, 0.25) is 0 Å². The third-order valence-electron chi connectivity index (χ3n) is 3.12. The molecule has 1 aromatic carbocycles. The molecular formula is C16H25IN4O2S. The zero-order valence-electron chi connectivity index (χ0n) is 14.2. The smallest absolute Gasteiger partial charge is 0.191 e. The van der Waals surface area contributed by atoms with Gasteiger partial charge in [0, 0.05) is 18.8 Å². The van der Waals surface area contributed by atoms with Gasteiger partial charge in [-0.25, -0.2) is 13.4 Å². The number of benzene rings is 1. The van der Waals surface area contributed by atoms with Crippen molar-refractivity contribution in [2.45, 2.75) is 32.9 Å². The molecular weight excluding hydrogens is 439 g/mol. The van der Waals surface area contributed by atoms with E-state index in [-0.39, 0.29) is 35.8 Å². The number of rotatable bonds is 7. The molecule has 1 unspecified atom stereocenters. The fourth-order valence-corrected chi connectivity index (χ4v) is 2.71. The van der Waals surface area contributed by atoms with Crippen LogP contribution < -0.4 is 10.6 Å². The number of aliphatic imine (C=N–C) groups is 1. The highest BCUT2D eigenvalue weighted by atomic mass is 127. The highest BCUT2D eigenvalue weighted by molar-refractivity contribution is 14.0. The molecule has 0 fully saturated rings. The first-order valence-electron chi connectivity index (χ1n) is 7.55. The Morgan fingerprint density at radius 2 is 2.12 bits per heavy atom. The summed E-state index contributed by atoms with van der Waals surface area (Å²) in [6.07, 6.45) is 1.76. The summed E-state index contributed by atoms with van der Waals surface area (Å²) in [6.45, 7) is 5.05. The van der Waals surface area contributed by atoms with E-state index < -0.39 is 9.84 Å². The average Bonchev–Trinajstić information content (AvgIpc) is 2.50. The van der Waals surface area contributed by atoms with Crippen molar-refractivity contribution in [1.29, 1.82) is 5.26 Å². The Morgan fingerprint density at radius 3 is 2.71 bits per heavy atom. The lowest BCUT2D eigenvalue weighted by molar-refractivity contribution is 0.581. The van der Waals surface area contributed by atoms with E-state index >= 15 is 0 Å². The lowest BCUT2D eigenvalue weighted by Gasteiger charge is -2.17. The van der Waals surface area contributed by atoms with Crippen LogP contribution in [0.2, 0.25) is 0 Å². The van der Waals surface area contributed by atoms with Crippen LogP contribution in [0.15, 0.2) is 29.3 Å². The third-order valence-corrected chi connectivity index (χ3v) is 4.10. The lowest BCUT2D eigenvalue weighted by Crippen LogP contribution is -2.42. The van der Waals surface area contributed by atoms with E-state index in [9.17, 15) is 8.42 Å². The molecule has 1 rings (SSSR count). The summed E-state index contributed by atoms with van der Waals surface area (Å²) >= 11 is 0. The molecule has 1 atom stereocenters. The normalized spacial score (nSPS) is 12.7. The summed E-state index contributed by atoms with van der Waals surface area (Å²) in [6, 6.07) is 9.41. The van der Waals surface area contributed by atoms with Crippen LogP contribution in [0.5, 0.6) is 0 Å². The van der Waals surface area contributed by atoms with Crippen molar-refractivity contribution >= 4 is 39.8 Å². The minimum Gasteiger partial charge on any atom is -0.357 e. The molecule has 0 saturated carbocycles. The predicted octanol–water partition coefficient (Wildman–Crippen LogP) is 2.05. The Labute approximate surface area is 161 Å². The SMILES string of the molecule is CCNC(=NCc1cccc(C#N)c1)NC(C)CCS(C)(=O)=O.I. The van der Waals surface area contributed by atoms with Crippen molar-refractivity contribution < 1.29 is 8.42 Å². The molecule has 0 aliphatic rings. The second-order valence-electron chi connectivity index (χ2n) is 5.47. The van der Waals surface area contributed by atoms with E-state index in [2.05, 4.69) is 21.7 Å². The van der Waals surface area contributed by atoms with Crippen molar-refractivity contribution in [3.63, 3.8) is 0 Å². The Hall–Kier alpha value is -1.34. The van der Waals surface area contributed by atoms with E-state index in [1.807, 2.05) is 26.0 Å². The fraction of sp³-hybridized carbons (Fsp3) is 0.500. The predicted molar refractivity (Wildman–Crippen MR) is 108 cm³/mol. The van der Waals surface area contributed by atoms with Crippen LogP contribution in [0, 0.1) is 11.3 Å². The standard InChI is InChI=1S/C16H24N4O2S.HI/c1-4-18-16(20-13(2)8-9-23(3,21)22)19-12-15-7-5-6-14(10-15)11-17;/h5-7,10,13H,4,8-9,12H2,1-3H3,(H2,18,19,20);1H. The Bertz CT molecular complexity index is 684. The van der Waals surface area contributed by atoms with Crippen LogP contribution in [0.3, 0.4) is 0 Å². The summed E-state index contributed by atoms with van der Waals surface area (Å²) < 4.78 is 22.4. The first kappa shape index (κ1) is 22.7. The first-order valence-corrected chi connectivity index (χ1v) is 9.61. The maximum Gasteiger partial charge on any atom is 0.191 e. The van der Waals surface area contributed by atoms with Gasteiger partial charge in [0.15, 0.2) is 5.96 Å². The van der Waals surface area contributed by atoms with Gasteiger partial charge in [-0.3, -0.25) is 0 Å². The number of hydrogen-bond acceptors (Lipinski definition) is 4. The van der Waals surface area contributed by atoms with Crippen molar-refractivity contribution in [2.75, 3.05) is 18.6 Å². The van der Waals surface area contributed by atoms with Gasteiger partial charge in [0.1, 0.15) is 9.84 Å². The molecule has 8 heteroatoms. The van der Waals surface area contributed by atoms with Crippen molar-refractivity contribution in [3.05, 3.63) is 35.4 Å².